The van der Waals surface area contributed by atoms with E-state index in [1.165, 1.54) is 0 Å². The van der Waals surface area contributed by atoms with Gasteiger partial charge in [-0.3, -0.25) is 0 Å². The summed E-state index contributed by atoms with van der Waals surface area (Å²) < 4.78 is 0. The number of nitrogens with one attached hydrogen (secondary N) is 1. The van der Waals surface area contributed by atoms with Crippen LogP contribution in [-0.2, 0) is 0 Å². The van der Waals surface area contributed by atoms with Crippen molar-refractivity contribution < 1.29 is 0 Å². The second-order valence-corrected chi connectivity index (χ2v) is 10.3. The van der Waals surface area contributed by atoms with Crippen molar-refractivity contribution in [3.63, 3.8) is 0 Å². The van der Waals surface area contributed by atoms with Crippen LogP contribution in [0.5, 0.6) is 0 Å². The second-order valence-electron chi connectivity index (χ2n) is 4.66. The number of rotatable bonds is 6. The Hall–Kier alpha value is -0.333. The lowest BCUT2D eigenvalue weighted by molar-refractivity contribution is 0.609. The summed E-state index contributed by atoms with van der Waals surface area (Å²) in [7, 11) is -1.01. The molecular weight excluding hydrogens is 176 g/mol. The molecule has 0 saturated heterocycles. The molecule has 76 valence electrons. The number of nitriles is 1. The van der Waals surface area contributed by atoms with Crippen LogP contribution in [0.2, 0.25) is 19.6 Å². The topological polar surface area (TPSA) is 35.8 Å². The van der Waals surface area contributed by atoms with Crippen molar-refractivity contribution in [3.8, 4) is 6.07 Å². The third-order valence-corrected chi connectivity index (χ3v) is 5.27. The molecule has 0 spiro atoms. The normalized spacial score (nSPS) is 13.8. The van der Waals surface area contributed by atoms with E-state index < -0.39 is 8.07 Å². The van der Waals surface area contributed by atoms with E-state index in [1.54, 1.807) is 0 Å². The van der Waals surface area contributed by atoms with Gasteiger partial charge < -0.3 is 5.32 Å². The van der Waals surface area contributed by atoms with Crippen LogP contribution in [0.1, 0.15) is 26.2 Å². The molecule has 0 rings (SSSR count). The Bertz CT molecular complexity index is 167. The predicted octanol–water partition coefficient (Wildman–Crippen LogP) is 2.54. The van der Waals surface area contributed by atoms with Gasteiger partial charge in [0.05, 0.1) is 14.1 Å². The van der Waals surface area contributed by atoms with Crippen molar-refractivity contribution >= 4 is 8.07 Å². The minimum Gasteiger partial charge on any atom is -0.317 e. The Balaban J connectivity index is 3.39. The van der Waals surface area contributed by atoms with Crippen LogP contribution in [0.4, 0.5) is 0 Å². The van der Waals surface area contributed by atoms with Gasteiger partial charge in [0.2, 0.25) is 0 Å². The molecule has 0 saturated carbocycles. The zero-order valence-corrected chi connectivity index (χ0v) is 10.4. The SMILES string of the molecule is CC(NCCCCC#N)[Si](C)(C)C. The van der Waals surface area contributed by atoms with Crippen molar-refractivity contribution in [3.05, 3.63) is 0 Å². The second kappa shape index (κ2) is 6.17. The monoisotopic (exact) mass is 198 g/mol. The maximum absolute atomic E-state index is 8.34. The fraction of sp³-hybridized carbons (Fsp3) is 0.900. The molecule has 0 aliphatic heterocycles. The Morgan fingerprint density at radius 2 is 1.92 bits per heavy atom. The van der Waals surface area contributed by atoms with Crippen LogP contribution >= 0.6 is 0 Å². The molecule has 0 aromatic heterocycles. The summed E-state index contributed by atoms with van der Waals surface area (Å²) in [6.07, 6.45) is 2.85. The van der Waals surface area contributed by atoms with Crippen molar-refractivity contribution in [1.29, 1.82) is 5.26 Å². The Labute approximate surface area is 83.3 Å². The van der Waals surface area contributed by atoms with Crippen LogP contribution in [0.25, 0.3) is 0 Å². The molecule has 0 bridgehead atoms. The molecule has 1 N–H and O–H groups in total. The molecule has 13 heavy (non-hydrogen) atoms. The zero-order chi connectivity index (χ0) is 10.3. The lowest BCUT2D eigenvalue weighted by atomic mass is 10.2. The van der Waals surface area contributed by atoms with Crippen LogP contribution in [0, 0.1) is 11.3 Å². The van der Waals surface area contributed by atoms with Gasteiger partial charge in [0.25, 0.3) is 0 Å². The highest BCUT2D eigenvalue weighted by atomic mass is 28.3. The Morgan fingerprint density at radius 3 is 2.38 bits per heavy atom. The van der Waals surface area contributed by atoms with Gasteiger partial charge in [-0.15, -0.1) is 0 Å². The van der Waals surface area contributed by atoms with Gasteiger partial charge >= 0.3 is 0 Å². The average Bonchev–Trinajstić information content (AvgIpc) is 2.02. The van der Waals surface area contributed by atoms with Crippen molar-refractivity contribution in [2.45, 2.75) is 51.5 Å². The van der Waals surface area contributed by atoms with E-state index in [0.717, 1.165) is 19.4 Å². The molecule has 0 fully saturated rings. The highest BCUT2D eigenvalue weighted by Crippen LogP contribution is 2.06. The standard InChI is InChI=1S/C10H22N2Si/c1-10(13(2,3)4)12-9-7-5-6-8-11/h10,12H,5-7,9H2,1-4H3. The van der Waals surface area contributed by atoms with E-state index in [1.807, 2.05) is 0 Å². The van der Waals surface area contributed by atoms with Crippen LogP contribution < -0.4 is 5.32 Å². The Kier molecular flexibility index (Phi) is 6.01. The highest BCUT2D eigenvalue weighted by Gasteiger charge is 2.20. The van der Waals surface area contributed by atoms with Gasteiger partial charge in [-0.2, -0.15) is 5.26 Å². The molecule has 0 aliphatic rings. The third-order valence-electron chi connectivity index (χ3n) is 2.46. The average molecular weight is 198 g/mol. The number of hydrogen-bond acceptors (Lipinski definition) is 2. The number of unbranched alkanes of at least 4 members (excludes halogenated alkanes) is 2. The first-order valence-electron chi connectivity index (χ1n) is 5.09. The van der Waals surface area contributed by atoms with Gasteiger partial charge in [0.1, 0.15) is 0 Å². The molecule has 0 amide bonds. The van der Waals surface area contributed by atoms with Crippen molar-refractivity contribution in [1.82, 2.24) is 5.32 Å². The minimum atomic E-state index is -1.01. The van der Waals surface area contributed by atoms with Crippen LogP contribution in [0.3, 0.4) is 0 Å². The van der Waals surface area contributed by atoms with Gasteiger partial charge in [-0.1, -0.05) is 26.6 Å². The first kappa shape index (κ1) is 12.7. The fourth-order valence-electron chi connectivity index (χ4n) is 0.954. The van der Waals surface area contributed by atoms with Crippen LogP contribution in [-0.4, -0.2) is 20.3 Å². The van der Waals surface area contributed by atoms with E-state index in [0.29, 0.717) is 12.1 Å². The van der Waals surface area contributed by atoms with E-state index >= 15 is 0 Å². The van der Waals surface area contributed by atoms with E-state index in [-0.39, 0.29) is 0 Å². The smallest absolute Gasteiger partial charge is 0.0631 e. The molecular formula is C10H22N2Si. The highest BCUT2D eigenvalue weighted by molar-refractivity contribution is 6.77. The quantitative estimate of drug-likeness (QED) is 0.526. The third kappa shape index (κ3) is 6.79. The summed E-state index contributed by atoms with van der Waals surface area (Å²) in [5.41, 5.74) is 0.676. The molecule has 2 nitrogen and oxygen atoms in total. The summed E-state index contributed by atoms with van der Waals surface area (Å²) in [6, 6.07) is 2.17. The Morgan fingerprint density at radius 1 is 1.31 bits per heavy atom. The molecule has 1 unspecified atom stereocenters. The zero-order valence-electron chi connectivity index (χ0n) is 9.35. The van der Waals surface area contributed by atoms with Gasteiger partial charge in [-0.25, -0.2) is 0 Å². The number of hydrogen-bond donors (Lipinski definition) is 1. The maximum atomic E-state index is 8.34. The summed E-state index contributed by atoms with van der Waals surface area (Å²) in [4.78, 5) is 0. The predicted molar refractivity (Wildman–Crippen MR) is 60.3 cm³/mol. The molecule has 1 atom stereocenters. The summed E-state index contributed by atoms with van der Waals surface area (Å²) >= 11 is 0. The molecule has 0 heterocycles. The molecule has 0 aliphatic carbocycles. The van der Waals surface area contributed by atoms with Crippen molar-refractivity contribution in [2.75, 3.05) is 6.54 Å². The van der Waals surface area contributed by atoms with E-state index in [9.17, 15) is 0 Å². The summed E-state index contributed by atoms with van der Waals surface area (Å²) in [6.45, 7) is 10.5. The lowest BCUT2D eigenvalue weighted by Crippen LogP contribution is -2.46. The van der Waals surface area contributed by atoms with Gasteiger partial charge in [0.15, 0.2) is 0 Å². The first-order valence-corrected chi connectivity index (χ1v) is 8.66. The maximum Gasteiger partial charge on any atom is 0.0631 e. The van der Waals surface area contributed by atoms with Crippen molar-refractivity contribution in [2.24, 2.45) is 0 Å². The first-order chi connectivity index (χ1) is 5.98. The van der Waals surface area contributed by atoms with E-state index in [2.05, 4.69) is 38.0 Å². The number of nitrogens with zero attached hydrogens (tertiary/aromatic N) is 1. The van der Waals surface area contributed by atoms with E-state index in [4.69, 9.17) is 5.26 Å². The molecule has 0 aromatic rings. The summed E-state index contributed by atoms with van der Waals surface area (Å²) in [5, 5.41) is 11.9. The van der Waals surface area contributed by atoms with Crippen LogP contribution in [0.15, 0.2) is 0 Å². The molecule has 0 aromatic carbocycles. The van der Waals surface area contributed by atoms with Gasteiger partial charge in [-0.05, 0) is 25.1 Å². The lowest BCUT2D eigenvalue weighted by Gasteiger charge is -2.26. The van der Waals surface area contributed by atoms with Gasteiger partial charge in [0, 0.05) is 6.42 Å². The summed E-state index contributed by atoms with van der Waals surface area (Å²) in [5.74, 6) is 0. The minimum absolute atomic E-state index is 0.676. The molecule has 3 heteroatoms. The largest absolute Gasteiger partial charge is 0.317 e. The molecule has 0 radical (unpaired) electrons. The fourth-order valence-corrected chi connectivity index (χ4v) is 1.71.